The van der Waals surface area contributed by atoms with Crippen molar-refractivity contribution < 1.29 is 0 Å². The highest BCUT2D eigenvalue weighted by Gasteiger charge is 2.28. The molecule has 1 aliphatic heterocycles. The van der Waals surface area contributed by atoms with Crippen molar-refractivity contribution in [3.63, 3.8) is 0 Å². The molecule has 3 aromatic heterocycles. The first-order valence-corrected chi connectivity index (χ1v) is 9.84. The van der Waals surface area contributed by atoms with Crippen LogP contribution in [-0.4, -0.2) is 26.4 Å². The number of thiophene rings is 1. The Morgan fingerprint density at radius 1 is 1.12 bits per heavy atom. The van der Waals surface area contributed by atoms with Gasteiger partial charge in [0.15, 0.2) is 0 Å². The van der Waals surface area contributed by atoms with E-state index in [4.69, 9.17) is 4.98 Å². The summed E-state index contributed by atoms with van der Waals surface area (Å²) in [6.45, 7) is 2.92. The first-order valence-electron chi connectivity index (χ1n) is 8.90. The number of pyridine rings is 1. The van der Waals surface area contributed by atoms with Crippen molar-refractivity contribution in [2.75, 3.05) is 6.54 Å². The molecule has 0 atom stereocenters. The molecule has 1 fully saturated rings. The summed E-state index contributed by atoms with van der Waals surface area (Å²) in [6.07, 6.45) is 7.62. The van der Waals surface area contributed by atoms with Crippen LogP contribution in [0.25, 0.3) is 11.3 Å². The van der Waals surface area contributed by atoms with E-state index in [1.54, 1.807) is 11.3 Å². The Morgan fingerprint density at radius 2 is 2.08 bits per heavy atom. The summed E-state index contributed by atoms with van der Waals surface area (Å²) in [5, 5.41) is 4.23. The zero-order valence-corrected chi connectivity index (χ0v) is 14.9. The summed E-state index contributed by atoms with van der Waals surface area (Å²) in [4.78, 5) is 16.5. The van der Waals surface area contributed by atoms with Crippen LogP contribution >= 0.6 is 11.3 Å². The Labute approximate surface area is 151 Å². The minimum Gasteiger partial charge on any atom is -0.294 e. The lowest BCUT2D eigenvalue weighted by Gasteiger charge is -2.28. The summed E-state index contributed by atoms with van der Waals surface area (Å²) in [5.41, 5.74) is 6.07. The molecule has 2 aliphatic rings. The van der Waals surface area contributed by atoms with Crippen LogP contribution in [0.2, 0.25) is 0 Å². The van der Waals surface area contributed by atoms with Gasteiger partial charge in [0.25, 0.3) is 0 Å². The first kappa shape index (κ1) is 15.2. The van der Waals surface area contributed by atoms with Gasteiger partial charge in [0, 0.05) is 66.6 Å². The van der Waals surface area contributed by atoms with Crippen molar-refractivity contribution in [2.45, 2.75) is 38.3 Å². The second kappa shape index (κ2) is 6.32. The fraction of sp³-hybridized carbons (Fsp3) is 0.350. The van der Waals surface area contributed by atoms with Crippen molar-refractivity contribution in [2.24, 2.45) is 0 Å². The largest absolute Gasteiger partial charge is 0.294 e. The molecule has 1 aliphatic carbocycles. The molecular weight excluding hydrogens is 328 g/mol. The quantitative estimate of drug-likeness (QED) is 0.714. The molecule has 126 valence electrons. The van der Waals surface area contributed by atoms with Crippen LogP contribution in [0.3, 0.4) is 0 Å². The predicted octanol–water partition coefficient (Wildman–Crippen LogP) is 4.04. The van der Waals surface area contributed by atoms with Gasteiger partial charge in [-0.1, -0.05) is 6.07 Å². The normalized spacial score (nSPS) is 17.4. The monoisotopic (exact) mass is 348 g/mol. The Bertz CT molecular complexity index is 869. The lowest BCUT2D eigenvalue weighted by atomic mass is 10.1. The van der Waals surface area contributed by atoms with E-state index >= 15 is 0 Å². The van der Waals surface area contributed by atoms with E-state index in [2.05, 4.69) is 50.0 Å². The summed E-state index contributed by atoms with van der Waals surface area (Å²) >= 11 is 1.71. The minimum atomic E-state index is 0.635. The van der Waals surface area contributed by atoms with Gasteiger partial charge in [-0.05, 0) is 35.9 Å². The zero-order valence-electron chi connectivity index (χ0n) is 14.1. The lowest BCUT2D eigenvalue weighted by Crippen LogP contribution is -2.31. The molecule has 3 aromatic rings. The molecular formula is C20H20N4S. The van der Waals surface area contributed by atoms with Gasteiger partial charge in [0.1, 0.15) is 5.82 Å². The topological polar surface area (TPSA) is 41.9 Å². The smallest absolute Gasteiger partial charge is 0.131 e. The Morgan fingerprint density at radius 3 is 2.84 bits per heavy atom. The highest BCUT2D eigenvalue weighted by atomic mass is 32.1. The maximum Gasteiger partial charge on any atom is 0.131 e. The molecule has 0 unspecified atom stereocenters. The first-order chi connectivity index (χ1) is 12.3. The third-order valence-corrected chi connectivity index (χ3v) is 5.71. The van der Waals surface area contributed by atoms with Gasteiger partial charge >= 0.3 is 0 Å². The number of hydrogen-bond donors (Lipinski definition) is 0. The third-order valence-electron chi connectivity index (χ3n) is 5.02. The Balaban J connectivity index is 1.27. The highest BCUT2D eigenvalue weighted by Crippen LogP contribution is 2.38. The average Bonchev–Trinajstić information content (AvgIpc) is 3.36. The van der Waals surface area contributed by atoms with Crippen LogP contribution in [0.5, 0.6) is 0 Å². The van der Waals surface area contributed by atoms with Crippen molar-refractivity contribution in [3.05, 3.63) is 64.0 Å². The van der Waals surface area contributed by atoms with Crippen molar-refractivity contribution >= 4 is 11.3 Å². The maximum atomic E-state index is 4.81. The van der Waals surface area contributed by atoms with Crippen LogP contribution in [0, 0.1) is 0 Å². The second-order valence-corrected chi connectivity index (χ2v) is 7.78. The molecule has 0 saturated heterocycles. The number of hydrogen-bond acceptors (Lipinski definition) is 5. The number of fused-ring (bicyclic) bond motifs is 1. The van der Waals surface area contributed by atoms with Crippen LogP contribution in [-0.2, 0) is 19.5 Å². The van der Waals surface area contributed by atoms with E-state index in [1.807, 2.05) is 6.20 Å². The van der Waals surface area contributed by atoms with Gasteiger partial charge in [-0.2, -0.15) is 11.3 Å². The average molecular weight is 348 g/mol. The van der Waals surface area contributed by atoms with E-state index < -0.39 is 0 Å². The van der Waals surface area contributed by atoms with E-state index in [-0.39, 0.29) is 0 Å². The maximum absolute atomic E-state index is 4.81. The van der Waals surface area contributed by atoms with E-state index in [1.165, 1.54) is 35.2 Å². The molecule has 5 rings (SSSR count). The Kier molecular flexibility index (Phi) is 3.83. The van der Waals surface area contributed by atoms with Crippen LogP contribution < -0.4 is 0 Å². The molecule has 4 nitrogen and oxygen atoms in total. The van der Waals surface area contributed by atoms with Gasteiger partial charge in [0.2, 0.25) is 0 Å². The minimum absolute atomic E-state index is 0.635. The molecule has 0 bridgehead atoms. The van der Waals surface area contributed by atoms with Crippen LogP contribution in [0.1, 0.15) is 41.4 Å². The van der Waals surface area contributed by atoms with Crippen molar-refractivity contribution in [3.8, 4) is 11.3 Å². The van der Waals surface area contributed by atoms with E-state index in [0.29, 0.717) is 5.92 Å². The van der Waals surface area contributed by atoms with Gasteiger partial charge in [0.05, 0.1) is 5.69 Å². The molecule has 1 saturated carbocycles. The highest BCUT2D eigenvalue weighted by molar-refractivity contribution is 7.08. The van der Waals surface area contributed by atoms with Crippen LogP contribution in [0.4, 0.5) is 0 Å². The second-order valence-electron chi connectivity index (χ2n) is 7.00. The van der Waals surface area contributed by atoms with E-state index in [0.717, 1.165) is 37.6 Å². The fourth-order valence-electron chi connectivity index (χ4n) is 3.42. The van der Waals surface area contributed by atoms with Gasteiger partial charge in [-0.25, -0.2) is 9.97 Å². The number of rotatable bonds is 4. The van der Waals surface area contributed by atoms with Crippen molar-refractivity contribution in [1.82, 2.24) is 19.9 Å². The molecule has 0 amide bonds. The molecule has 0 N–H and O–H groups in total. The summed E-state index contributed by atoms with van der Waals surface area (Å²) in [6, 6.07) is 6.44. The Hall–Kier alpha value is -2.11. The lowest BCUT2D eigenvalue weighted by molar-refractivity contribution is 0.242. The summed E-state index contributed by atoms with van der Waals surface area (Å²) in [5.74, 6) is 1.71. The molecule has 25 heavy (non-hydrogen) atoms. The molecule has 0 radical (unpaired) electrons. The van der Waals surface area contributed by atoms with Crippen molar-refractivity contribution in [1.29, 1.82) is 0 Å². The molecule has 0 aromatic carbocycles. The van der Waals surface area contributed by atoms with Gasteiger partial charge < -0.3 is 0 Å². The predicted molar refractivity (Wildman–Crippen MR) is 99.4 cm³/mol. The van der Waals surface area contributed by atoms with Crippen LogP contribution in [0.15, 0.2) is 41.4 Å². The molecule has 0 spiro atoms. The summed E-state index contributed by atoms with van der Waals surface area (Å²) in [7, 11) is 0. The zero-order chi connectivity index (χ0) is 16.6. The third kappa shape index (κ3) is 3.22. The number of aromatic nitrogens is 3. The summed E-state index contributed by atoms with van der Waals surface area (Å²) < 4.78 is 0. The van der Waals surface area contributed by atoms with Gasteiger partial charge in [-0.15, -0.1) is 0 Å². The number of nitrogens with zero attached hydrogens (tertiary/aromatic N) is 4. The molecule has 5 heteroatoms. The van der Waals surface area contributed by atoms with E-state index in [9.17, 15) is 0 Å². The fourth-order valence-corrected chi connectivity index (χ4v) is 4.07. The van der Waals surface area contributed by atoms with Gasteiger partial charge in [-0.3, -0.25) is 9.88 Å². The molecule has 4 heterocycles. The SMILES string of the molecule is c1cc(-c2ccc(CN3CCc4nc(C5CC5)ncc4C3)cn2)cs1. The standard InChI is InChI=1S/C20H20N4S/c1-4-18(16-6-8-25-13-16)21-9-14(1)11-24-7-5-19-17(12-24)10-22-20(23-19)15-2-3-15/h1,4,6,8-10,13,15H,2-3,5,7,11-12H2.